The molecule has 0 saturated heterocycles. The maximum absolute atomic E-state index is 13.1. The van der Waals surface area contributed by atoms with E-state index < -0.39 is 5.41 Å². The van der Waals surface area contributed by atoms with Gasteiger partial charge in [0.15, 0.2) is 0 Å². The third kappa shape index (κ3) is 4.07. The number of hydrogen-bond donors (Lipinski definition) is 2. The van der Waals surface area contributed by atoms with Crippen molar-refractivity contribution < 1.29 is 9.18 Å². The fourth-order valence-electron chi connectivity index (χ4n) is 2.89. The van der Waals surface area contributed by atoms with Crippen LogP contribution in [0.3, 0.4) is 0 Å². The van der Waals surface area contributed by atoms with Crippen molar-refractivity contribution in [2.24, 2.45) is 11.1 Å². The number of halogens is 1. The molecule has 4 nitrogen and oxygen atoms in total. The number of rotatable bonds is 7. The van der Waals surface area contributed by atoms with Gasteiger partial charge < -0.3 is 11.1 Å². The molecule has 2 rings (SSSR count). The van der Waals surface area contributed by atoms with Gasteiger partial charge in [0.25, 0.3) is 0 Å². The molecular formula is C19H26FN3OS. The van der Waals surface area contributed by atoms with Crippen molar-refractivity contribution >= 4 is 17.2 Å². The van der Waals surface area contributed by atoms with Gasteiger partial charge in [-0.1, -0.05) is 13.8 Å². The molecule has 0 spiro atoms. The normalized spacial score (nSPS) is 12.9. The molecule has 1 aromatic heterocycles. The number of aromatic nitrogens is 1. The molecule has 136 valence electrons. The van der Waals surface area contributed by atoms with Crippen LogP contribution in [0.4, 0.5) is 4.39 Å². The van der Waals surface area contributed by atoms with Crippen LogP contribution in [0, 0.1) is 18.2 Å². The van der Waals surface area contributed by atoms with Gasteiger partial charge in [-0.2, -0.15) is 0 Å². The predicted molar refractivity (Wildman–Crippen MR) is 101 cm³/mol. The average molecular weight is 364 g/mol. The molecule has 6 heteroatoms. The maximum Gasteiger partial charge on any atom is 0.227 e. The van der Waals surface area contributed by atoms with Crippen LogP contribution in [0.1, 0.15) is 50.2 Å². The van der Waals surface area contributed by atoms with E-state index in [2.05, 4.69) is 10.3 Å². The summed E-state index contributed by atoms with van der Waals surface area (Å²) >= 11 is 1.52. The summed E-state index contributed by atoms with van der Waals surface area (Å²) < 4.78 is 13.1. The zero-order chi connectivity index (χ0) is 18.6. The number of hydrogen-bond acceptors (Lipinski definition) is 4. The van der Waals surface area contributed by atoms with Gasteiger partial charge >= 0.3 is 0 Å². The largest absolute Gasteiger partial charge is 0.348 e. The van der Waals surface area contributed by atoms with Crippen LogP contribution < -0.4 is 11.1 Å². The Labute approximate surface area is 152 Å². The second-order valence-corrected chi connectivity index (χ2v) is 7.39. The molecule has 0 aliphatic carbocycles. The SMILES string of the molecule is CCC(CC)(CN)C(=O)NC(C)c1sc(-c2ccc(F)cc2)nc1C. The van der Waals surface area contributed by atoms with E-state index in [0.29, 0.717) is 19.4 Å². The number of thiazole rings is 1. The lowest BCUT2D eigenvalue weighted by atomic mass is 9.81. The van der Waals surface area contributed by atoms with E-state index in [9.17, 15) is 9.18 Å². The van der Waals surface area contributed by atoms with Gasteiger partial charge in [-0.3, -0.25) is 4.79 Å². The zero-order valence-electron chi connectivity index (χ0n) is 15.2. The number of nitrogens with one attached hydrogen (secondary N) is 1. The van der Waals surface area contributed by atoms with Crippen molar-refractivity contribution in [2.45, 2.75) is 46.6 Å². The molecule has 25 heavy (non-hydrogen) atoms. The Bertz CT molecular complexity index is 715. The summed E-state index contributed by atoms with van der Waals surface area (Å²) in [7, 11) is 0. The minimum atomic E-state index is -0.521. The Hall–Kier alpha value is -1.79. The molecule has 0 radical (unpaired) electrons. The van der Waals surface area contributed by atoms with E-state index in [-0.39, 0.29) is 17.8 Å². The van der Waals surface area contributed by atoms with Crippen molar-refractivity contribution in [3.05, 3.63) is 40.7 Å². The Morgan fingerprint density at radius 1 is 1.32 bits per heavy atom. The molecule has 3 N–H and O–H groups in total. The Kier molecular flexibility index (Phi) is 6.30. The van der Waals surface area contributed by atoms with E-state index in [1.807, 2.05) is 27.7 Å². The van der Waals surface area contributed by atoms with E-state index in [1.54, 1.807) is 12.1 Å². The van der Waals surface area contributed by atoms with Crippen molar-refractivity contribution in [3.8, 4) is 10.6 Å². The van der Waals surface area contributed by atoms with Crippen LogP contribution in [0.5, 0.6) is 0 Å². The van der Waals surface area contributed by atoms with Crippen molar-refractivity contribution in [1.82, 2.24) is 10.3 Å². The fraction of sp³-hybridized carbons (Fsp3) is 0.474. The highest BCUT2D eigenvalue weighted by atomic mass is 32.1. The Morgan fingerprint density at radius 2 is 1.92 bits per heavy atom. The Morgan fingerprint density at radius 3 is 2.44 bits per heavy atom. The smallest absolute Gasteiger partial charge is 0.227 e. The van der Waals surface area contributed by atoms with Crippen molar-refractivity contribution in [3.63, 3.8) is 0 Å². The molecule has 1 atom stereocenters. The summed E-state index contributed by atoms with van der Waals surface area (Å²) in [5.41, 5.74) is 7.10. The molecular weight excluding hydrogens is 337 g/mol. The predicted octanol–water partition coefficient (Wildman–Crippen LogP) is 4.20. The first-order valence-electron chi connectivity index (χ1n) is 8.61. The minimum absolute atomic E-state index is 0.0105. The average Bonchev–Trinajstić information content (AvgIpc) is 2.99. The number of benzene rings is 1. The van der Waals surface area contributed by atoms with Gasteiger partial charge in [-0.05, 0) is 51.0 Å². The summed E-state index contributed by atoms with van der Waals surface area (Å²) in [6.07, 6.45) is 1.42. The summed E-state index contributed by atoms with van der Waals surface area (Å²) in [6.45, 7) is 8.20. The molecule has 1 aromatic carbocycles. The number of aryl methyl sites for hydroxylation is 1. The van der Waals surface area contributed by atoms with Gasteiger partial charge in [0.2, 0.25) is 5.91 Å². The Balaban J connectivity index is 2.21. The topological polar surface area (TPSA) is 68.0 Å². The second kappa shape index (κ2) is 8.06. The van der Waals surface area contributed by atoms with Crippen LogP contribution in [0.15, 0.2) is 24.3 Å². The summed E-state index contributed by atoms with van der Waals surface area (Å²) in [4.78, 5) is 18.3. The number of amides is 1. The first kappa shape index (κ1) is 19.5. The molecule has 1 amide bonds. The molecule has 0 bridgehead atoms. The summed E-state index contributed by atoms with van der Waals surface area (Å²) in [6, 6.07) is 6.13. The molecule has 0 aliphatic rings. The van der Waals surface area contributed by atoms with Crippen LogP contribution in [-0.4, -0.2) is 17.4 Å². The maximum atomic E-state index is 13.1. The monoisotopic (exact) mass is 363 g/mol. The van der Waals surface area contributed by atoms with Crippen molar-refractivity contribution in [2.75, 3.05) is 6.54 Å². The van der Waals surface area contributed by atoms with Gasteiger partial charge in [0, 0.05) is 12.1 Å². The molecule has 1 heterocycles. The van der Waals surface area contributed by atoms with E-state index in [0.717, 1.165) is 21.1 Å². The van der Waals surface area contributed by atoms with Crippen LogP contribution in [-0.2, 0) is 4.79 Å². The summed E-state index contributed by atoms with van der Waals surface area (Å²) in [5, 5.41) is 3.92. The lowest BCUT2D eigenvalue weighted by Gasteiger charge is -2.30. The number of carbonyl (C=O) groups is 1. The van der Waals surface area contributed by atoms with E-state index >= 15 is 0 Å². The molecule has 0 fully saturated rings. The van der Waals surface area contributed by atoms with Crippen LogP contribution >= 0.6 is 11.3 Å². The first-order valence-corrected chi connectivity index (χ1v) is 9.42. The van der Waals surface area contributed by atoms with Gasteiger partial charge in [-0.15, -0.1) is 11.3 Å². The number of nitrogens with zero attached hydrogens (tertiary/aromatic N) is 1. The third-order valence-corrected chi connectivity index (χ3v) is 6.28. The first-order chi connectivity index (χ1) is 11.9. The lowest BCUT2D eigenvalue weighted by molar-refractivity contribution is -0.131. The summed E-state index contributed by atoms with van der Waals surface area (Å²) in [5.74, 6) is -0.279. The second-order valence-electron chi connectivity index (χ2n) is 6.36. The molecule has 0 saturated carbocycles. The number of carbonyl (C=O) groups excluding carboxylic acids is 1. The van der Waals surface area contributed by atoms with E-state index in [4.69, 9.17) is 5.73 Å². The van der Waals surface area contributed by atoms with E-state index in [1.165, 1.54) is 23.5 Å². The third-order valence-electron chi connectivity index (χ3n) is 4.89. The van der Waals surface area contributed by atoms with Crippen molar-refractivity contribution in [1.29, 1.82) is 0 Å². The highest BCUT2D eigenvalue weighted by molar-refractivity contribution is 7.15. The number of nitrogens with two attached hydrogens (primary N) is 1. The quantitative estimate of drug-likeness (QED) is 0.775. The fourth-order valence-corrected chi connectivity index (χ4v) is 3.97. The van der Waals surface area contributed by atoms with Crippen LogP contribution in [0.25, 0.3) is 10.6 Å². The van der Waals surface area contributed by atoms with Gasteiger partial charge in [0.1, 0.15) is 10.8 Å². The zero-order valence-corrected chi connectivity index (χ0v) is 16.0. The van der Waals surface area contributed by atoms with Crippen LogP contribution in [0.2, 0.25) is 0 Å². The minimum Gasteiger partial charge on any atom is -0.348 e. The standard InChI is InChI=1S/C19H26FN3OS/c1-5-19(6-2,11-21)18(24)23-13(4)16-12(3)22-17(25-16)14-7-9-15(20)10-8-14/h7-10,13H,5-6,11,21H2,1-4H3,(H,23,24). The van der Waals surface area contributed by atoms with Gasteiger partial charge in [-0.25, -0.2) is 9.37 Å². The molecule has 1 unspecified atom stereocenters. The molecule has 0 aliphatic heterocycles. The van der Waals surface area contributed by atoms with Gasteiger partial charge in [0.05, 0.1) is 22.0 Å². The highest BCUT2D eigenvalue weighted by Gasteiger charge is 2.34. The lowest BCUT2D eigenvalue weighted by Crippen LogP contribution is -2.46. The molecule has 2 aromatic rings. The highest BCUT2D eigenvalue weighted by Crippen LogP contribution is 2.33.